The first kappa shape index (κ1) is 9.67. The predicted octanol–water partition coefficient (Wildman–Crippen LogP) is 5.23. The molecule has 0 saturated carbocycles. The molecular formula is C18H12. The third kappa shape index (κ3) is 1.15. The van der Waals surface area contributed by atoms with Gasteiger partial charge in [0.15, 0.2) is 0 Å². The molecule has 18 heavy (non-hydrogen) atoms. The van der Waals surface area contributed by atoms with E-state index in [0.717, 1.165) is 0 Å². The van der Waals surface area contributed by atoms with Gasteiger partial charge in [0, 0.05) is 0 Å². The van der Waals surface area contributed by atoms with Gasteiger partial charge in [-0.2, -0.15) is 0 Å². The highest BCUT2D eigenvalue weighted by Gasteiger charge is 2.07. The molecule has 0 nitrogen and oxygen atoms in total. The fourth-order valence-electron chi connectivity index (χ4n) is 2.90. The van der Waals surface area contributed by atoms with E-state index in [1.807, 2.05) is 6.08 Å². The van der Waals surface area contributed by atoms with Crippen LogP contribution >= 0.6 is 0 Å². The van der Waals surface area contributed by atoms with Crippen LogP contribution in [0.25, 0.3) is 38.4 Å². The summed E-state index contributed by atoms with van der Waals surface area (Å²) in [6, 6.07) is 19.7. The Balaban J connectivity index is 2.38. The van der Waals surface area contributed by atoms with Gasteiger partial charge in [0.25, 0.3) is 0 Å². The quantitative estimate of drug-likeness (QED) is 0.391. The SMILES string of the molecule is C=Cc1cc2ccc3cccc4ccc(c1)c2c34. The molecule has 4 aromatic rings. The molecule has 0 fully saturated rings. The Morgan fingerprint density at radius 3 is 1.72 bits per heavy atom. The van der Waals surface area contributed by atoms with Crippen LogP contribution in [0.4, 0.5) is 0 Å². The van der Waals surface area contributed by atoms with Gasteiger partial charge in [-0.3, -0.25) is 0 Å². The summed E-state index contributed by atoms with van der Waals surface area (Å²) in [5.41, 5.74) is 1.18. The molecule has 0 spiro atoms. The lowest BCUT2D eigenvalue weighted by Crippen LogP contribution is -1.84. The first-order valence-electron chi connectivity index (χ1n) is 6.17. The highest BCUT2D eigenvalue weighted by molar-refractivity contribution is 6.23. The maximum atomic E-state index is 3.87. The van der Waals surface area contributed by atoms with Gasteiger partial charge in [-0.1, -0.05) is 55.1 Å². The highest BCUT2D eigenvalue weighted by Crippen LogP contribution is 2.35. The van der Waals surface area contributed by atoms with Gasteiger partial charge < -0.3 is 0 Å². The Bertz CT molecular complexity index is 820. The van der Waals surface area contributed by atoms with E-state index in [-0.39, 0.29) is 0 Å². The largest absolute Gasteiger partial charge is 0.0985 e. The summed E-state index contributed by atoms with van der Waals surface area (Å²) in [5, 5.41) is 7.98. The van der Waals surface area contributed by atoms with Crippen molar-refractivity contribution in [3.8, 4) is 0 Å². The fraction of sp³-hybridized carbons (Fsp3) is 0. The maximum absolute atomic E-state index is 3.87. The molecule has 4 aromatic carbocycles. The Morgan fingerprint density at radius 2 is 1.17 bits per heavy atom. The molecule has 0 aromatic heterocycles. The minimum absolute atomic E-state index is 1.18. The summed E-state index contributed by atoms with van der Waals surface area (Å²) < 4.78 is 0. The van der Waals surface area contributed by atoms with Crippen molar-refractivity contribution in [2.45, 2.75) is 0 Å². The van der Waals surface area contributed by atoms with Crippen molar-refractivity contribution < 1.29 is 0 Å². The van der Waals surface area contributed by atoms with Gasteiger partial charge in [0.1, 0.15) is 0 Å². The van der Waals surface area contributed by atoms with Crippen LogP contribution in [0.1, 0.15) is 5.56 Å². The number of rotatable bonds is 1. The van der Waals surface area contributed by atoms with Gasteiger partial charge in [-0.05, 0) is 50.0 Å². The molecule has 0 bridgehead atoms. The minimum atomic E-state index is 1.18. The Labute approximate surface area is 105 Å². The third-order valence-electron chi connectivity index (χ3n) is 3.72. The maximum Gasteiger partial charge on any atom is -0.00264 e. The molecule has 0 atom stereocenters. The van der Waals surface area contributed by atoms with Crippen LogP contribution in [0.3, 0.4) is 0 Å². The zero-order valence-corrected chi connectivity index (χ0v) is 9.98. The Morgan fingerprint density at radius 1 is 0.667 bits per heavy atom. The predicted molar refractivity (Wildman–Crippen MR) is 80.2 cm³/mol. The monoisotopic (exact) mass is 228 g/mol. The van der Waals surface area contributed by atoms with Crippen molar-refractivity contribution in [3.63, 3.8) is 0 Å². The van der Waals surface area contributed by atoms with Gasteiger partial charge in [-0.25, -0.2) is 0 Å². The summed E-state index contributed by atoms with van der Waals surface area (Å²) >= 11 is 0. The topological polar surface area (TPSA) is 0 Å². The molecule has 0 unspecified atom stereocenters. The standard InChI is InChI=1S/C18H12/c1-2-12-10-15-8-6-13-4-3-5-14-7-9-16(11-12)18(15)17(13)14/h2-11H,1H2. The van der Waals surface area contributed by atoms with Crippen molar-refractivity contribution >= 4 is 38.4 Å². The van der Waals surface area contributed by atoms with E-state index in [9.17, 15) is 0 Å². The average Bonchev–Trinajstić information content (AvgIpc) is 2.44. The molecule has 0 aliphatic rings. The lowest BCUT2D eigenvalue weighted by Gasteiger charge is -2.11. The second-order valence-electron chi connectivity index (χ2n) is 4.76. The second kappa shape index (κ2) is 3.33. The van der Waals surface area contributed by atoms with Gasteiger partial charge >= 0.3 is 0 Å². The molecule has 4 rings (SSSR count). The minimum Gasteiger partial charge on any atom is -0.0985 e. The number of benzene rings is 4. The van der Waals surface area contributed by atoms with Crippen molar-refractivity contribution in [1.82, 2.24) is 0 Å². The molecule has 0 aliphatic heterocycles. The van der Waals surface area contributed by atoms with Crippen LogP contribution in [0.15, 0.2) is 61.2 Å². The van der Waals surface area contributed by atoms with E-state index < -0.39 is 0 Å². The zero-order valence-electron chi connectivity index (χ0n) is 9.98. The van der Waals surface area contributed by atoms with Crippen LogP contribution in [-0.2, 0) is 0 Å². The normalized spacial score (nSPS) is 11.6. The number of hydrogen-bond acceptors (Lipinski definition) is 0. The molecular weight excluding hydrogens is 216 g/mol. The van der Waals surface area contributed by atoms with Crippen molar-refractivity contribution in [2.75, 3.05) is 0 Å². The smallest absolute Gasteiger partial charge is 0.00264 e. The molecule has 0 saturated heterocycles. The lowest BCUT2D eigenvalue weighted by atomic mass is 9.93. The van der Waals surface area contributed by atoms with Crippen LogP contribution < -0.4 is 0 Å². The molecule has 0 heteroatoms. The van der Waals surface area contributed by atoms with Gasteiger partial charge in [0.2, 0.25) is 0 Å². The second-order valence-corrected chi connectivity index (χ2v) is 4.76. The molecule has 0 N–H and O–H groups in total. The Kier molecular flexibility index (Phi) is 1.79. The molecule has 0 heterocycles. The summed E-state index contributed by atoms with van der Waals surface area (Å²) in [6.45, 7) is 3.87. The number of hydrogen-bond donors (Lipinski definition) is 0. The lowest BCUT2D eigenvalue weighted by molar-refractivity contribution is 1.75. The van der Waals surface area contributed by atoms with Crippen LogP contribution in [0, 0.1) is 0 Å². The molecule has 0 amide bonds. The molecule has 0 aliphatic carbocycles. The van der Waals surface area contributed by atoms with Crippen LogP contribution in [-0.4, -0.2) is 0 Å². The first-order chi connectivity index (χ1) is 8.86. The fourth-order valence-corrected chi connectivity index (χ4v) is 2.90. The first-order valence-corrected chi connectivity index (χ1v) is 6.17. The average molecular weight is 228 g/mol. The van der Waals surface area contributed by atoms with E-state index in [1.165, 1.54) is 37.9 Å². The van der Waals surface area contributed by atoms with Crippen molar-refractivity contribution in [1.29, 1.82) is 0 Å². The van der Waals surface area contributed by atoms with Crippen molar-refractivity contribution in [2.24, 2.45) is 0 Å². The zero-order chi connectivity index (χ0) is 12.1. The highest BCUT2D eigenvalue weighted by atomic mass is 14.1. The van der Waals surface area contributed by atoms with E-state index in [0.29, 0.717) is 0 Å². The van der Waals surface area contributed by atoms with Crippen molar-refractivity contribution in [3.05, 3.63) is 66.7 Å². The third-order valence-corrected chi connectivity index (χ3v) is 3.72. The molecule has 84 valence electrons. The molecule has 0 radical (unpaired) electrons. The summed E-state index contributed by atoms with van der Waals surface area (Å²) in [7, 11) is 0. The van der Waals surface area contributed by atoms with E-state index >= 15 is 0 Å². The van der Waals surface area contributed by atoms with E-state index in [2.05, 4.69) is 61.2 Å². The van der Waals surface area contributed by atoms with Gasteiger partial charge in [0.05, 0.1) is 0 Å². The Hall–Kier alpha value is -2.34. The van der Waals surface area contributed by atoms with E-state index in [4.69, 9.17) is 0 Å². The summed E-state index contributed by atoms with van der Waals surface area (Å²) in [4.78, 5) is 0. The van der Waals surface area contributed by atoms with E-state index in [1.54, 1.807) is 0 Å². The summed E-state index contributed by atoms with van der Waals surface area (Å²) in [6.07, 6.45) is 1.91. The van der Waals surface area contributed by atoms with Gasteiger partial charge in [-0.15, -0.1) is 0 Å². The summed E-state index contributed by atoms with van der Waals surface area (Å²) in [5.74, 6) is 0. The van der Waals surface area contributed by atoms with Crippen LogP contribution in [0.5, 0.6) is 0 Å². The van der Waals surface area contributed by atoms with Crippen LogP contribution in [0.2, 0.25) is 0 Å².